The van der Waals surface area contributed by atoms with Crippen LogP contribution in [0.5, 0.6) is 0 Å². The smallest absolute Gasteiger partial charge is 0.00440 e. The molecule has 0 heterocycles. The molecule has 0 aromatic rings. The number of hydrogen-bond acceptors (Lipinski definition) is 1. The van der Waals surface area contributed by atoms with E-state index in [4.69, 9.17) is 5.73 Å². The summed E-state index contributed by atoms with van der Waals surface area (Å²) in [4.78, 5) is 0. The Bertz CT molecular complexity index is 186. The average Bonchev–Trinajstić information content (AvgIpc) is 1.80. The van der Waals surface area contributed by atoms with E-state index in [1.807, 2.05) is 0 Å². The van der Waals surface area contributed by atoms with Crippen LogP contribution in [0.3, 0.4) is 0 Å². The van der Waals surface area contributed by atoms with Crippen LogP contribution in [0.1, 0.15) is 48.0 Å². The quantitative estimate of drug-likeness (QED) is 0.664. The molecular formula is C12H25N. The fraction of sp³-hybridized carbons (Fsp3) is 1.00. The SMILES string of the molecule is C[C@H](N)[C@@H]1CC(C(C)(C)C)C1(C)C. The Morgan fingerprint density at radius 1 is 1.31 bits per heavy atom. The molecule has 0 spiro atoms. The molecule has 1 heteroatoms. The molecule has 0 aliphatic heterocycles. The summed E-state index contributed by atoms with van der Waals surface area (Å²) in [6.45, 7) is 13.9. The molecular weight excluding hydrogens is 158 g/mol. The van der Waals surface area contributed by atoms with Gasteiger partial charge in [0, 0.05) is 6.04 Å². The van der Waals surface area contributed by atoms with E-state index in [0.717, 1.165) is 11.8 Å². The summed E-state index contributed by atoms with van der Waals surface area (Å²) in [6.07, 6.45) is 1.31. The molecule has 0 amide bonds. The normalized spacial score (nSPS) is 35.3. The summed E-state index contributed by atoms with van der Waals surface area (Å²) >= 11 is 0. The first kappa shape index (κ1) is 11.0. The molecule has 1 aliphatic rings. The Balaban J connectivity index is 2.70. The Labute approximate surface area is 83.1 Å². The van der Waals surface area contributed by atoms with Crippen LogP contribution in [-0.2, 0) is 0 Å². The van der Waals surface area contributed by atoms with Gasteiger partial charge >= 0.3 is 0 Å². The van der Waals surface area contributed by atoms with Crippen molar-refractivity contribution in [2.24, 2.45) is 28.4 Å². The maximum absolute atomic E-state index is 5.98. The second-order valence-electron chi connectivity index (χ2n) is 6.44. The highest BCUT2D eigenvalue weighted by Crippen LogP contribution is 2.58. The molecule has 13 heavy (non-hydrogen) atoms. The lowest BCUT2D eigenvalue weighted by Crippen LogP contribution is -2.56. The number of hydrogen-bond donors (Lipinski definition) is 1. The van der Waals surface area contributed by atoms with E-state index in [0.29, 0.717) is 16.9 Å². The van der Waals surface area contributed by atoms with E-state index in [9.17, 15) is 0 Å². The van der Waals surface area contributed by atoms with Gasteiger partial charge in [0.1, 0.15) is 0 Å². The molecule has 0 radical (unpaired) electrons. The topological polar surface area (TPSA) is 26.0 Å². The molecule has 0 aromatic carbocycles. The third-order valence-electron chi connectivity index (χ3n) is 4.02. The fourth-order valence-corrected chi connectivity index (χ4v) is 3.32. The Morgan fingerprint density at radius 2 is 1.77 bits per heavy atom. The van der Waals surface area contributed by atoms with Crippen LogP contribution < -0.4 is 5.73 Å². The highest BCUT2D eigenvalue weighted by atomic mass is 14.7. The van der Waals surface area contributed by atoms with Crippen LogP contribution in [0, 0.1) is 22.7 Å². The highest BCUT2D eigenvalue weighted by Gasteiger charge is 2.53. The van der Waals surface area contributed by atoms with E-state index in [1.165, 1.54) is 6.42 Å². The first-order valence-electron chi connectivity index (χ1n) is 5.43. The zero-order chi connectivity index (χ0) is 10.4. The van der Waals surface area contributed by atoms with E-state index in [2.05, 4.69) is 41.5 Å². The Morgan fingerprint density at radius 3 is 2.00 bits per heavy atom. The third kappa shape index (κ3) is 1.76. The van der Waals surface area contributed by atoms with Crippen LogP contribution in [0.2, 0.25) is 0 Å². The van der Waals surface area contributed by atoms with Gasteiger partial charge in [-0.25, -0.2) is 0 Å². The summed E-state index contributed by atoms with van der Waals surface area (Å²) in [5, 5.41) is 0. The summed E-state index contributed by atoms with van der Waals surface area (Å²) in [6, 6.07) is 0.355. The second-order valence-corrected chi connectivity index (χ2v) is 6.44. The summed E-state index contributed by atoms with van der Waals surface area (Å²) < 4.78 is 0. The molecule has 1 fully saturated rings. The third-order valence-corrected chi connectivity index (χ3v) is 4.02. The molecule has 1 aliphatic carbocycles. The van der Waals surface area contributed by atoms with Crippen LogP contribution in [0.4, 0.5) is 0 Å². The highest BCUT2D eigenvalue weighted by molar-refractivity contribution is 5.03. The predicted octanol–water partition coefficient (Wildman–Crippen LogP) is 3.04. The van der Waals surface area contributed by atoms with Gasteiger partial charge in [0.2, 0.25) is 0 Å². The first-order valence-corrected chi connectivity index (χ1v) is 5.43. The maximum Gasteiger partial charge on any atom is 0.00440 e. The Hall–Kier alpha value is -0.0400. The fourth-order valence-electron chi connectivity index (χ4n) is 3.32. The minimum atomic E-state index is 0.355. The van der Waals surface area contributed by atoms with Crippen molar-refractivity contribution in [3.63, 3.8) is 0 Å². The minimum absolute atomic E-state index is 0.355. The van der Waals surface area contributed by atoms with E-state index >= 15 is 0 Å². The van der Waals surface area contributed by atoms with Crippen molar-refractivity contribution in [3.05, 3.63) is 0 Å². The maximum atomic E-state index is 5.98. The molecule has 1 saturated carbocycles. The molecule has 1 nitrogen and oxygen atoms in total. The lowest BCUT2D eigenvalue weighted by molar-refractivity contribution is -0.0927. The zero-order valence-corrected chi connectivity index (χ0v) is 10.0. The summed E-state index contributed by atoms with van der Waals surface area (Å²) in [7, 11) is 0. The average molecular weight is 183 g/mol. The minimum Gasteiger partial charge on any atom is -0.328 e. The summed E-state index contributed by atoms with van der Waals surface area (Å²) in [5.74, 6) is 1.55. The first-order chi connectivity index (χ1) is 5.67. The van der Waals surface area contributed by atoms with Crippen molar-refractivity contribution in [2.75, 3.05) is 0 Å². The van der Waals surface area contributed by atoms with Crippen LogP contribution in [-0.4, -0.2) is 6.04 Å². The molecule has 0 bridgehead atoms. The number of nitrogens with two attached hydrogens (primary N) is 1. The van der Waals surface area contributed by atoms with Gasteiger partial charge < -0.3 is 5.73 Å². The van der Waals surface area contributed by atoms with Gasteiger partial charge in [0.25, 0.3) is 0 Å². The molecule has 1 unspecified atom stereocenters. The van der Waals surface area contributed by atoms with Gasteiger partial charge in [0.05, 0.1) is 0 Å². The second kappa shape index (κ2) is 2.98. The van der Waals surface area contributed by atoms with E-state index < -0.39 is 0 Å². The van der Waals surface area contributed by atoms with Gasteiger partial charge in [0.15, 0.2) is 0 Å². The van der Waals surface area contributed by atoms with Gasteiger partial charge in [-0.3, -0.25) is 0 Å². The predicted molar refractivity (Wildman–Crippen MR) is 58.5 cm³/mol. The standard InChI is InChI=1S/C12H25N/c1-8(13)9-7-10(11(2,3)4)12(9,5)6/h8-10H,7,13H2,1-6H3/t8-,9-,10?/m0/s1. The van der Waals surface area contributed by atoms with Crippen molar-refractivity contribution in [2.45, 2.75) is 54.0 Å². The summed E-state index contributed by atoms with van der Waals surface area (Å²) in [5.41, 5.74) is 6.86. The van der Waals surface area contributed by atoms with Crippen molar-refractivity contribution < 1.29 is 0 Å². The Kier molecular flexibility index (Phi) is 2.53. The molecule has 3 atom stereocenters. The van der Waals surface area contributed by atoms with Crippen LogP contribution in [0.15, 0.2) is 0 Å². The van der Waals surface area contributed by atoms with Crippen molar-refractivity contribution >= 4 is 0 Å². The van der Waals surface area contributed by atoms with E-state index in [1.54, 1.807) is 0 Å². The number of rotatable bonds is 1. The lowest BCUT2D eigenvalue weighted by atomic mass is 9.46. The van der Waals surface area contributed by atoms with Gasteiger partial charge in [-0.15, -0.1) is 0 Å². The van der Waals surface area contributed by atoms with Crippen molar-refractivity contribution in [3.8, 4) is 0 Å². The molecule has 1 rings (SSSR count). The monoisotopic (exact) mass is 183 g/mol. The van der Waals surface area contributed by atoms with Gasteiger partial charge in [-0.05, 0) is 36.0 Å². The molecule has 78 valence electrons. The molecule has 2 N–H and O–H groups in total. The van der Waals surface area contributed by atoms with E-state index in [-0.39, 0.29) is 0 Å². The zero-order valence-electron chi connectivity index (χ0n) is 10.0. The van der Waals surface area contributed by atoms with Crippen LogP contribution >= 0.6 is 0 Å². The molecule has 0 aromatic heterocycles. The lowest BCUT2D eigenvalue weighted by Gasteiger charge is -2.59. The van der Waals surface area contributed by atoms with Crippen LogP contribution in [0.25, 0.3) is 0 Å². The molecule has 0 saturated heterocycles. The largest absolute Gasteiger partial charge is 0.328 e. The van der Waals surface area contributed by atoms with Gasteiger partial charge in [-0.1, -0.05) is 34.6 Å². The van der Waals surface area contributed by atoms with Crippen molar-refractivity contribution in [1.82, 2.24) is 0 Å². The van der Waals surface area contributed by atoms with Crippen molar-refractivity contribution in [1.29, 1.82) is 0 Å². The van der Waals surface area contributed by atoms with Gasteiger partial charge in [-0.2, -0.15) is 0 Å².